The van der Waals surface area contributed by atoms with Gasteiger partial charge in [-0.2, -0.15) is 0 Å². The van der Waals surface area contributed by atoms with E-state index < -0.39 is 6.10 Å². The molecule has 384 valence electrons. The number of unbranched alkanes of at least 4 members (excludes halogenated alkanes) is 23. The number of ether oxygens (including phenoxy) is 3. The molecule has 0 aromatic heterocycles. The molecule has 6 heteroatoms. The van der Waals surface area contributed by atoms with Crippen LogP contribution in [0.3, 0.4) is 0 Å². The second-order valence-electron chi connectivity index (χ2n) is 17.9. The van der Waals surface area contributed by atoms with Crippen LogP contribution in [-0.2, 0) is 28.6 Å². The largest absolute Gasteiger partial charge is 0.462 e. The summed E-state index contributed by atoms with van der Waals surface area (Å²) in [4.78, 5) is 38.1. The van der Waals surface area contributed by atoms with Gasteiger partial charge in [0.1, 0.15) is 13.2 Å². The van der Waals surface area contributed by atoms with Crippen molar-refractivity contribution in [1.82, 2.24) is 0 Å². The smallest absolute Gasteiger partial charge is 0.306 e. The van der Waals surface area contributed by atoms with E-state index in [1.54, 1.807) is 0 Å². The number of carbonyl (C=O) groups excluding carboxylic acids is 3. The third-order valence-corrected chi connectivity index (χ3v) is 11.3. The minimum absolute atomic E-state index is 0.0994. The summed E-state index contributed by atoms with van der Waals surface area (Å²) in [6.07, 6.45) is 76.0. The Morgan fingerprint density at radius 2 is 0.662 bits per heavy atom. The topological polar surface area (TPSA) is 78.9 Å². The highest BCUT2D eigenvalue weighted by Gasteiger charge is 2.19. The first-order chi connectivity index (χ1) is 33.5. The average Bonchev–Trinajstić information content (AvgIpc) is 3.34. The van der Waals surface area contributed by atoms with Crippen LogP contribution in [0.15, 0.2) is 122 Å². The van der Waals surface area contributed by atoms with E-state index in [1.807, 2.05) is 24.3 Å². The maximum Gasteiger partial charge on any atom is 0.306 e. The van der Waals surface area contributed by atoms with Crippen LogP contribution in [0.2, 0.25) is 0 Å². The summed E-state index contributed by atoms with van der Waals surface area (Å²) < 4.78 is 16.8. The number of hydrogen-bond donors (Lipinski definition) is 0. The van der Waals surface area contributed by atoms with Crippen molar-refractivity contribution >= 4 is 17.9 Å². The normalized spacial score (nSPS) is 13.0. The molecule has 0 bridgehead atoms. The van der Waals surface area contributed by atoms with Crippen molar-refractivity contribution in [2.75, 3.05) is 13.2 Å². The molecule has 68 heavy (non-hydrogen) atoms. The number of carbonyl (C=O) groups is 3. The Hall–Kier alpha value is -4.19. The van der Waals surface area contributed by atoms with Crippen LogP contribution in [-0.4, -0.2) is 37.2 Å². The molecular formula is C62H100O6. The Kier molecular flexibility index (Phi) is 52.0. The molecule has 0 spiro atoms. The summed E-state index contributed by atoms with van der Waals surface area (Å²) in [7, 11) is 0. The lowest BCUT2D eigenvalue weighted by Crippen LogP contribution is -2.30. The van der Waals surface area contributed by atoms with Gasteiger partial charge in [0.25, 0.3) is 0 Å². The van der Waals surface area contributed by atoms with Crippen LogP contribution in [0.1, 0.15) is 233 Å². The highest BCUT2D eigenvalue weighted by molar-refractivity contribution is 5.71. The average molecular weight is 941 g/mol. The molecule has 0 aliphatic rings. The van der Waals surface area contributed by atoms with E-state index in [0.29, 0.717) is 19.3 Å². The summed E-state index contributed by atoms with van der Waals surface area (Å²) in [5.74, 6) is -0.947. The second-order valence-corrected chi connectivity index (χ2v) is 17.9. The zero-order valence-corrected chi connectivity index (χ0v) is 43.8. The summed E-state index contributed by atoms with van der Waals surface area (Å²) in [6.45, 7) is 6.35. The van der Waals surface area contributed by atoms with Crippen molar-refractivity contribution in [3.8, 4) is 0 Å². The van der Waals surface area contributed by atoms with Crippen LogP contribution in [0.25, 0.3) is 0 Å². The lowest BCUT2D eigenvalue weighted by molar-refractivity contribution is -0.167. The van der Waals surface area contributed by atoms with Gasteiger partial charge in [-0.1, -0.05) is 245 Å². The zero-order chi connectivity index (χ0) is 49.3. The minimum Gasteiger partial charge on any atom is -0.462 e. The molecule has 0 amide bonds. The van der Waals surface area contributed by atoms with Crippen molar-refractivity contribution in [3.05, 3.63) is 122 Å². The summed E-state index contributed by atoms with van der Waals surface area (Å²) >= 11 is 0. The van der Waals surface area contributed by atoms with E-state index in [9.17, 15) is 14.4 Å². The molecule has 0 aliphatic heterocycles. The van der Waals surface area contributed by atoms with Gasteiger partial charge in [0, 0.05) is 19.3 Å². The molecule has 0 aromatic carbocycles. The second kappa shape index (κ2) is 55.4. The summed E-state index contributed by atoms with van der Waals surface area (Å²) in [5.41, 5.74) is 0. The van der Waals surface area contributed by atoms with Gasteiger partial charge in [0.2, 0.25) is 0 Å². The van der Waals surface area contributed by atoms with Gasteiger partial charge >= 0.3 is 17.9 Å². The van der Waals surface area contributed by atoms with Crippen LogP contribution in [0.4, 0.5) is 0 Å². The first-order valence-electron chi connectivity index (χ1n) is 27.6. The molecule has 0 fully saturated rings. The SMILES string of the molecule is CC\C=C/C=C\C=C/CCCCCCCCCC(=O)OCC(COC(=O)CCCCCCC\C=C/C=C\C=C/C=C\C=C/CCC)OC(=O)CCCCCCCCC/C=C\C/C=C\CCCCC. The van der Waals surface area contributed by atoms with Crippen molar-refractivity contribution < 1.29 is 28.6 Å². The Morgan fingerprint density at radius 3 is 1.07 bits per heavy atom. The van der Waals surface area contributed by atoms with Gasteiger partial charge < -0.3 is 14.2 Å². The lowest BCUT2D eigenvalue weighted by Gasteiger charge is -2.18. The maximum atomic E-state index is 12.8. The van der Waals surface area contributed by atoms with Crippen LogP contribution in [0.5, 0.6) is 0 Å². The molecule has 1 atom stereocenters. The molecule has 0 aromatic rings. The van der Waals surface area contributed by atoms with Gasteiger partial charge in [0.05, 0.1) is 0 Å². The standard InChI is InChI=1S/C62H100O6/c1-4-7-10-13-16-19-22-25-28-30-32-34-37-40-43-46-49-52-55-61(64)67-58-59(57-66-60(63)54-51-48-45-42-39-36-33-27-24-21-18-15-12-9-6-3)68-62(65)56-53-50-47-44-41-38-35-31-29-26-23-20-17-14-11-8-5-2/h9-10,12-13,15-22,24-26,28-30,32,34,59H,4-8,11,14,23,27,31,33,35-58H2,1-3H3/b12-9-,13-10-,18-15-,19-16-,20-17-,24-21-,25-22-,29-26-,30-28-,34-32-. The fourth-order valence-electron chi connectivity index (χ4n) is 7.21. The highest BCUT2D eigenvalue weighted by Crippen LogP contribution is 2.14. The number of allylic oxidation sites excluding steroid dienone is 20. The Balaban J connectivity index is 4.50. The predicted octanol–water partition coefficient (Wildman–Crippen LogP) is 18.5. The maximum absolute atomic E-state index is 12.8. The molecule has 0 saturated carbocycles. The van der Waals surface area contributed by atoms with Crippen LogP contribution in [0, 0.1) is 0 Å². The third kappa shape index (κ3) is 52.8. The third-order valence-electron chi connectivity index (χ3n) is 11.3. The Bertz CT molecular complexity index is 1450. The molecule has 0 heterocycles. The van der Waals surface area contributed by atoms with Gasteiger partial charge in [-0.25, -0.2) is 0 Å². The molecule has 0 saturated heterocycles. The predicted molar refractivity (Wildman–Crippen MR) is 293 cm³/mol. The van der Waals surface area contributed by atoms with Gasteiger partial charge in [-0.15, -0.1) is 0 Å². The monoisotopic (exact) mass is 941 g/mol. The number of esters is 3. The van der Waals surface area contributed by atoms with E-state index >= 15 is 0 Å². The fraction of sp³-hybridized carbons (Fsp3) is 0.629. The molecule has 0 N–H and O–H groups in total. The molecule has 0 rings (SSSR count). The zero-order valence-electron chi connectivity index (χ0n) is 43.8. The number of hydrogen-bond acceptors (Lipinski definition) is 6. The highest BCUT2D eigenvalue weighted by atomic mass is 16.6. The minimum atomic E-state index is -0.802. The quantitative estimate of drug-likeness (QED) is 0.0199. The first kappa shape index (κ1) is 63.8. The molecular weight excluding hydrogens is 841 g/mol. The van der Waals surface area contributed by atoms with Crippen LogP contribution < -0.4 is 0 Å². The fourth-order valence-corrected chi connectivity index (χ4v) is 7.21. The van der Waals surface area contributed by atoms with E-state index in [-0.39, 0.29) is 31.1 Å². The van der Waals surface area contributed by atoms with Crippen molar-refractivity contribution in [1.29, 1.82) is 0 Å². The first-order valence-corrected chi connectivity index (χ1v) is 27.6. The summed E-state index contributed by atoms with van der Waals surface area (Å²) in [5, 5.41) is 0. The Labute approximate surface area is 418 Å². The molecule has 6 nitrogen and oxygen atoms in total. The van der Waals surface area contributed by atoms with E-state index in [4.69, 9.17) is 14.2 Å². The molecule has 1 unspecified atom stereocenters. The molecule has 0 aliphatic carbocycles. The van der Waals surface area contributed by atoms with E-state index in [1.165, 1.54) is 83.5 Å². The lowest BCUT2D eigenvalue weighted by atomic mass is 10.1. The number of rotatable bonds is 48. The van der Waals surface area contributed by atoms with Crippen molar-refractivity contribution in [2.45, 2.75) is 239 Å². The van der Waals surface area contributed by atoms with Crippen LogP contribution >= 0.6 is 0 Å². The Morgan fingerprint density at radius 1 is 0.324 bits per heavy atom. The van der Waals surface area contributed by atoms with Gasteiger partial charge in [0.15, 0.2) is 6.10 Å². The van der Waals surface area contributed by atoms with Gasteiger partial charge in [-0.05, 0) is 89.9 Å². The van der Waals surface area contributed by atoms with Gasteiger partial charge in [-0.3, -0.25) is 14.4 Å². The van der Waals surface area contributed by atoms with Crippen molar-refractivity contribution in [2.24, 2.45) is 0 Å². The van der Waals surface area contributed by atoms with E-state index in [2.05, 4.69) is 118 Å². The summed E-state index contributed by atoms with van der Waals surface area (Å²) in [6, 6.07) is 0. The molecule has 0 radical (unpaired) electrons. The van der Waals surface area contributed by atoms with E-state index in [0.717, 1.165) is 109 Å². The van der Waals surface area contributed by atoms with Crippen molar-refractivity contribution in [3.63, 3.8) is 0 Å².